The maximum atomic E-state index is 10.5. The molecule has 3 fully saturated rings. The third-order valence-electron chi connectivity index (χ3n) is 5.63. The Morgan fingerprint density at radius 1 is 0.895 bits per heavy atom. The van der Waals surface area contributed by atoms with Crippen LogP contribution in [0.4, 0.5) is 0 Å². The molecule has 0 heterocycles. The van der Waals surface area contributed by atoms with Crippen LogP contribution in [0.3, 0.4) is 0 Å². The zero-order chi connectivity index (χ0) is 13.7. The van der Waals surface area contributed by atoms with Crippen molar-refractivity contribution in [1.82, 2.24) is 0 Å². The molecule has 3 aliphatic rings. The first kappa shape index (κ1) is 13.3. The monoisotopic (exact) mass is 264 g/mol. The summed E-state index contributed by atoms with van der Waals surface area (Å²) in [6.07, 6.45) is 2.28. The van der Waals surface area contributed by atoms with E-state index >= 15 is 0 Å². The minimum Gasteiger partial charge on any atom is -0.396 e. The van der Waals surface area contributed by atoms with E-state index in [0.717, 1.165) is 24.8 Å². The van der Waals surface area contributed by atoms with Crippen molar-refractivity contribution in [2.24, 2.45) is 29.6 Å². The molecule has 3 saturated carbocycles. The van der Waals surface area contributed by atoms with Crippen LogP contribution >= 0.6 is 0 Å². The van der Waals surface area contributed by atoms with Gasteiger partial charge in [-0.25, -0.2) is 0 Å². The summed E-state index contributed by atoms with van der Waals surface area (Å²) in [6.45, 7) is 8.24. The molecule has 7 atom stereocenters. The van der Waals surface area contributed by atoms with Crippen molar-refractivity contribution < 1.29 is 15.3 Å². The highest BCUT2D eigenvalue weighted by molar-refractivity contribution is 5.18. The van der Waals surface area contributed by atoms with E-state index in [0.29, 0.717) is 6.42 Å². The maximum Gasteiger partial charge on any atom is 0.0611 e. The maximum absolute atomic E-state index is 10.5. The molecule has 3 aliphatic carbocycles. The topological polar surface area (TPSA) is 60.7 Å². The SMILES string of the molecule is C=C1C[C@@H]2[C@@H](O)[C@H](C1)[C@H]1[C@@H](CO)CC(=C)C[C@@H](O)[C@@H]21. The second-order valence-corrected chi connectivity index (χ2v) is 6.80. The lowest BCUT2D eigenvalue weighted by atomic mass is 9.76. The van der Waals surface area contributed by atoms with Gasteiger partial charge in [-0.15, -0.1) is 0 Å². The van der Waals surface area contributed by atoms with Crippen molar-refractivity contribution in [2.45, 2.75) is 37.9 Å². The van der Waals surface area contributed by atoms with Gasteiger partial charge in [-0.2, -0.15) is 0 Å². The minimum absolute atomic E-state index is 0.0932. The first-order chi connectivity index (χ1) is 9.02. The van der Waals surface area contributed by atoms with Crippen LogP contribution in [0.15, 0.2) is 24.3 Å². The number of rotatable bonds is 1. The van der Waals surface area contributed by atoms with Gasteiger partial charge < -0.3 is 15.3 Å². The lowest BCUT2D eigenvalue weighted by Crippen LogP contribution is -2.32. The molecular formula is C16H24O3. The third kappa shape index (κ3) is 1.99. The molecule has 19 heavy (non-hydrogen) atoms. The molecule has 0 amide bonds. The van der Waals surface area contributed by atoms with Crippen molar-refractivity contribution in [3.63, 3.8) is 0 Å². The fourth-order valence-corrected chi connectivity index (χ4v) is 5.02. The predicted molar refractivity (Wildman–Crippen MR) is 73.3 cm³/mol. The predicted octanol–water partition coefficient (Wildman–Crippen LogP) is 1.50. The average Bonchev–Trinajstić information content (AvgIpc) is 2.50. The fraction of sp³-hybridized carbons (Fsp3) is 0.750. The van der Waals surface area contributed by atoms with Gasteiger partial charge in [0.2, 0.25) is 0 Å². The third-order valence-corrected chi connectivity index (χ3v) is 5.63. The summed E-state index contributed by atoms with van der Waals surface area (Å²) in [4.78, 5) is 0. The van der Waals surface area contributed by atoms with E-state index in [1.165, 1.54) is 5.57 Å². The van der Waals surface area contributed by atoms with Gasteiger partial charge in [0, 0.05) is 6.61 Å². The molecular weight excluding hydrogens is 240 g/mol. The summed E-state index contributed by atoms with van der Waals surface area (Å²) in [5.41, 5.74) is 2.23. The summed E-state index contributed by atoms with van der Waals surface area (Å²) in [5.74, 6) is 0.708. The van der Waals surface area contributed by atoms with Crippen molar-refractivity contribution in [2.75, 3.05) is 6.61 Å². The highest BCUT2D eigenvalue weighted by atomic mass is 16.3. The van der Waals surface area contributed by atoms with Gasteiger partial charge in [0.05, 0.1) is 12.2 Å². The van der Waals surface area contributed by atoms with Crippen LogP contribution in [0.25, 0.3) is 0 Å². The second kappa shape index (κ2) is 4.72. The van der Waals surface area contributed by atoms with E-state index in [4.69, 9.17) is 0 Å². The lowest BCUT2D eigenvalue weighted by Gasteiger charge is -2.31. The molecule has 0 aromatic rings. The molecule has 0 spiro atoms. The largest absolute Gasteiger partial charge is 0.396 e. The van der Waals surface area contributed by atoms with Gasteiger partial charge in [0.25, 0.3) is 0 Å². The van der Waals surface area contributed by atoms with Crippen LogP contribution < -0.4 is 0 Å². The van der Waals surface area contributed by atoms with Crippen LogP contribution in [-0.4, -0.2) is 34.1 Å². The summed E-state index contributed by atoms with van der Waals surface area (Å²) in [7, 11) is 0. The first-order valence-corrected chi connectivity index (χ1v) is 7.33. The van der Waals surface area contributed by atoms with E-state index in [9.17, 15) is 15.3 Å². The molecule has 0 aromatic carbocycles. The van der Waals surface area contributed by atoms with Crippen LogP contribution in [0, 0.1) is 29.6 Å². The van der Waals surface area contributed by atoms with Gasteiger partial charge in [-0.1, -0.05) is 24.3 Å². The lowest BCUT2D eigenvalue weighted by molar-refractivity contribution is 0.0312. The highest BCUT2D eigenvalue weighted by Crippen LogP contribution is 2.57. The molecule has 3 nitrogen and oxygen atoms in total. The van der Waals surface area contributed by atoms with Crippen molar-refractivity contribution in [1.29, 1.82) is 0 Å². The molecule has 3 N–H and O–H groups in total. The molecule has 0 aliphatic heterocycles. The van der Waals surface area contributed by atoms with Crippen LogP contribution in [0.2, 0.25) is 0 Å². The minimum atomic E-state index is -0.426. The summed E-state index contributed by atoms with van der Waals surface area (Å²) < 4.78 is 0. The highest BCUT2D eigenvalue weighted by Gasteiger charge is 2.57. The molecule has 0 saturated heterocycles. The van der Waals surface area contributed by atoms with E-state index in [2.05, 4.69) is 13.2 Å². The average molecular weight is 264 g/mol. The zero-order valence-corrected chi connectivity index (χ0v) is 11.3. The van der Waals surface area contributed by atoms with Crippen LogP contribution in [0.1, 0.15) is 25.7 Å². The Bertz CT molecular complexity index is 403. The van der Waals surface area contributed by atoms with Crippen LogP contribution in [0.5, 0.6) is 0 Å². The van der Waals surface area contributed by atoms with Gasteiger partial charge in [0.15, 0.2) is 0 Å². The Morgan fingerprint density at radius 2 is 1.47 bits per heavy atom. The van der Waals surface area contributed by atoms with E-state index in [1.54, 1.807) is 0 Å². The smallest absolute Gasteiger partial charge is 0.0611 e. The van der Waals surface area contributed by atoms with E-state index in [-0.39, 0.29) is 42.3 Å². The molecule has 0 unspecified atom stereocenters. The normalized spacial score (nSPS) is 49.9. The number of fused-ring (bicyclic) bond motifs is 5. The van der Waals surface area contributed by atoms with Gasteiger partial charge in [-0.05, 0) is 55.3 Å². The number of aliphatic hydroxyl groups is 3. The second-order valence-electron chi connectivity index (χ2n) is 6.80. The number of hydrogen-bond donors (Lipinski definition) is 3. The van der Waals surface area contributed by atoms with Gasteiger partial charge in [-0.3, -0.25) is 0 Å². The molecule has 0 aromatic heterocycles. The zero-order valence-electron chi connectivity index (χ0n) is 11.3. The quantitative estimate of drug-likeness (QED) is 0.629. The Morgan fingerprint density at radius 3 is 2.11 bits per heavy atom. The fourth-order valence-electron chi connectivity index (χ4n) is 5.02. The number of allylic oxidation sites excluding steroid dienone is 1. The van der Waals surface area contributed by atoms with Gasteiger partial charge in [0.1, 0.15) is 0 Å². The molecule has 106 valence electrons. The Balaban J connectivity index is 1.99. The first-order valence-electron chi connectivity index (χ1n) is 7.33. The van der Waals surface area contributed by atoms with E-state index in [1.807, 2.05) is 0 Å². The Labute approximate surface area is 114 Å². The summed E-state index contributed by atoms with van der Waals surface area (Å²) >= 11 is 0. The van der Waals surface area contributed by atoms with Crippen molar-refractivity contribution >= 4 is 0 Å². The molecule has 3 heteroatoms. The van der Waals surface area contributed by atoms with Crippen molar-refractivity contribution in [3.05, 3.63) is 24.3 Å². The van der Waals surface area contributed by atoms with Crippen molar-refractivity contribution in [3.8, 4) is 0 Å². The number of aliphatic hydroxyl groups excluding tert-OH is 3. The molecule has 2 bridgehead atoms. The van der Waals surface area contributed by atoms with Crippen LogP contribution in [-0.2, 0) is 0 Å². The number of hydrogen-bond acceptors (Lipinski definition) is 3. The Hall–Kier alpha value is -0.640. The summed E-state index contributed by atoms with van der Waals surface area (Å²) in [6, 6.07) is 0. The molecule has 3 rings (SSSR count). The Kier molecular flexibility index (Phi) is 3.32. The summed E-state index contributed by atoms with van der Waals surface area (Å²) in [5, 5.41) is 30.7. The van der Waals surface area contributed by atoms with Gasteiger partial charge >= 0.3 is 0 Å². The standard InChI is InChI=1S/C16H24O3/c1-8-3-10(7-17)14-11-4-9(2)5-12(16(11)19)15(14)13(18)6-8/h10-19H,1-7H2/t10-,11-,12+,13-,14-,15-,16+/m1/s1. The molecule has 0 radical (unpaired) electrons. The van der Waals surface area contributed by atoms with E-state index < -0.39 is 6.10 Å².